The van der Waals surface area contributed by atoms with Gasteiger partial charge in [0.15, 0.2) is 0 Å². The van der Waals surface area contributed by atoms with E-state index in [0.29, 0.717) is 6.07 Å². The first-order valence-corrected chi connectivity index (χ1v) is 5.75. The summed E-state index contributed by atoms with van der Waals surface area (Å²) < 4.78 is 31.4. The summed E-state index contributed by atoms with van der Waals surface area (Å²) in [6, 6.07) is 1.84. The lowest BCUT2D eigenvalue weighted by Crippen LogP contribution is -2.36. The van der Waals surface area contributed by atoms with E-state index in [-0.39, 0.29) is 24.3 Å². The monoisotopic (exact) mass is 273 g/mol. The Kier molecular flexibility index (Phi) is 5.38. The molecular weight excluding hydrogens is 256 g/mol. The Balaban J connectivity index is 2.85. The van der Waals surface area contributed by atoms with Crippen LogP contribution in [-0.2, 0) is 4.74 Å². The van der Waals surface area contributed by atoms with Crippen molar-refractivity contribution < 1.29 is 23.4 Å². The predicted octanol–water partition coefficient (Wildman–Crippen LogP) is 1.35. The Morgan fingerprint density at radius 1 is 1.42 bits per heavy atom. The highest BCUT2D eigenvalue weighted by molar-refractivity contribution is 5.94. The Bertz CT molecular complexity index is 465. The van der Waals surface area contributed by atoms with Gasteiger partial charge in [0.25, 0.3) is 5.91 Å². The number of aliphatic hydroxyl groups is 1. The molecule has 0 heterocycles. The van der Waals surface area contributed by atoms with Crippen molar-refractivity contribution in [3.05, 3.63) is 34.9 Å². The molecule has 1 rings (SSSR count). The van der Waals surface area contributed by atoms with Crippen LogP contribution in [0.5, 0.6) is 0 Å². The second kappa shape index (κ2) is 6.58. The molecule has 0 radical (unpaired) electrons. The number of aliphatic hydroxyl groups excluding tert-OH is 1. The van der Waals surface area contributed by atoms with Crippen LogP contribution in [0.25, 0.3) is 0 Å². The minimum absolute atomic E-state index is 0.00252. The predicted molar refractivity (Wildman–Crippen MR) is 65.9 cm³/mol. The van der Waals surface area contributed by atoms with Crippen LogP contribution in [0.2, 0.25) is 0 Å². The molecule has 0 bridgehead atoms. The quantitative estimate of drug-likeness (QED) is 0.881. The molecule has 6 heteroatoms. The third-order valence-corrected chi connectivity index (χ3v) is 2.67. The lowest BCUT2D eigenvalue weighted by atomic mass is 10.1. The van der Waals surface area contributed by atoms with E-state index < -0.39 is 23.6 Å². The number of ether oxygens (including phenoxy) is 1. The smallest absolute Gasteiger partial charge is 0.256 e. The summed E-state index contributed by atoms with van der Waals surface area (Å²) in [4.78, 5) is 13.1. The van der Waals surface area contributed by atoms with Crippen LogP contribution < -0.4 is 0 Å². The van der Waals surface area contributed by atoms with Crippen molar-refractivity contribution in [2.45, 2.75) is 13.0 Å². The number of benzene rings is 1. The first kappa shape index (κ1) is 15.5. The molecule has 1 amide bonds. The van der Waals surface area contributed by atoms with E-state index in [1.165, 1.54) is 26.0 Å². The number of halogens is 2. The van der Waals surface area contributed by atoms with Crippen LogP contribution >= 0.6 is 0 Å². The van der Waals surface area contributed by atoms with Gasteiger partial charge in [-0.05, 0) is 18.6 Å². The van der Waals surface area contributed by atoms with Crippen molar-refractivity contribution in [1.29, 1.82) is 0 Å². The molecule has 106 valence electrons. The summed E-state index contributed by atoms with van der Waals surface area (Å²) in [5.74, 6) is -2.23. The number of methoxy groups -OCH3 is 1. The van der Waals surface area contributed by atoms with Crippen molar-refractivity contribution in [2.24, 2.45) is 0 Å². The van der Waals surface area contributed by atoms with Gasteiger partial charge in [-0.3, -0.25) is 4.79 Å². The lowest BCUT2D eigenvalue weighted by Gasteiger charge is -2.21. The molecule has 1 aromatic rings. The summed E-state index contributed by atoms with van der Waals surface area (Å²) in [6.45, 7) is 1.52. The number of rotatable bonds is 5. The third-order valence-electron chi connectivity index (χ3n) is 2.67. The van der Waals surface area contributed by atoms with Gasteiger partial charge in [-0.2, -0.15) is 0 Å². The van der Waals surface area contributed by atoms with Gasteiger partial charge in [0.2, 0.25) is 0 Å². The van der Waals surface area contributed by atoms with Crippen molar-refractivity contribution >= 4 is 5.91 Å². The van der Waals surface area contributed by atoms with Gasteiger partial charge in [0.05, 0.1) is 18.3 Å². The maximum Gasteiger partial charge on any atom is 0.256 e. The van der Waals surface area contributed by atoms with Crippen LogP contribution in [0.15, 0.2) is 12.1 Å². The first-order chi connectivity index (χ1) is 8.86. The van der Waals surface area contributed by atoms with Crippen molar-refractivity contribution in [2.75, 3.05) is 27.3 Å². The maximum absolute atomic E-state index is 13.6. The summed E-state index contributed by atoms with van der Waals surface area (Å²) in [5, 5.41) is 9.51. The van der Waals surface area contributed by atoms with Gasteiger partial charge in [0, 0.05) is 26.8 Å². The number of nitrogens with zero attached hydrogens (tertiary/aromatic N) is 1. The number of likely N-dealkylation sites (N-methyl/N-ethyl adjacent to an activating group) is 1. The largest absolute Gasteiger partial charge is 0.389 e. The summed E-state index contributed by atoms with van der Waals surface area (Å²) in [7, 11) is 2.85. The van der Waals surface area contributed by atoms with Gasteiger partial charge in [-0.25, -0.2) is 8.78 Å². The van der Waals surface area contributed by atoms with Gasteiger partial charge in [0.1, 0.15) is 11.6 Å². The minimum Gasteiger partial charge on any atom is -0.389 e. The lowest BCUT2D eigenvalue weighted by molar-refractivity contribution is 0.0378. The summed E-state index contributed by atoms with van der Waals surface area (Å²) in [6.07, 6.45) is -0.858. The van der Waals surface area contributed by atoms with Gasteiger partial charge < -0.3 is 14.7 Å². The van der Waals surface area contributed by atoms with E-state index in [1.54, 1.807) is 0 Å². The first-order valence-electron chi connectivity index (χ1n) is 5.75. The molecule has 1 unspecified atom stereocenters. The zero-order valence-corrected chi connectivity index (χ0v) is 11.1. The van der Waals surface area contributed by atoms with E-state index in [0.717, 1.165) is 6.07 Å². The van der Waals surface area contributed by atoms with Crippen LogP contribution in [-0.4, -0.2) is 49.3 Å². The number of hydrogen-bond donors (Lipinski definition) is 1. The Labute approximate surface area is 110 Å². The average Bonchev–Trinajstić information content (AvgIpc) is 2.33. The molecule has 0 fully saturated rings. The van der Waals surface area contributed by atoms with E-state index in [9.17, 15) is 18.7 Å². The second-order valence-corrected chi connectivity index (χ2v) is 4.38. The van der Waals surface area contributed by atoms with Crippen molar-refractivity contribution in [3.8, 4) is 0 Å². The molecule has 0 aliphatic carbocycles. The molecule has 0 saturated heterocycles. The van der Waals surface area contributed by atoms with E-state index in [1.807, 2.05) is 0 Å². The fraction of sp³-hybridized carbons (Fsp3) is 0.462. The van der Waals surface area contributed by atoms with Crippen LogP contribution in [0.4, 0.5) is 8.78 Å². The van der Waals surface area contributed by atoms with E-state index in [4.69, 9.17) is 4.74 Å². The minimum atomic E-state index is -0.916. The highest BCUT2D eigenvalue weighted by Crippen LogP contribution is 2.15. The van der Waals surface area contributed by atoms with Crippen LogP contribution in [0.1, 0.15) is 15.9 Å². The molecule has 1 N–H and O–H groups in total. The highest BCUT2D eigenvalue weighted by Gasteiger charge is 2.20. The topological polar surface area (TPSA) is 49.8 Å². The Morgan fingerprint density at radius 3 is 2.63 bits per heavy atom. The van der Waals surface area contributed by atoms with Crippen LogP contribution in [0, 0.1) is 18.6 Å². The van der Waals surface area contributed by atoms with Crippen molar-refractivity contribution in [1.82, 2.24) is 4.90 Å². The zero-order valence-electron chi connectivity index (χ0n) is 11.1. The number of carbonyl (C=O) groups is 1. The number of amides is 1. The number of hydrogen-bond acceptors (Lipinski definition) is 3. The van der Waals surface area contributed by atoms with E-state index >= 15 is 0 Å². The number of aryl methyl sites for hydroxylation is 1. The van der Waals surface area contributed by atoms with E-state index in [2.05, 4.69) is 0 Å². The van der Waals surface area contributed by atoms with Crippen LogP contribution in [0.3, 0.4) is 0 Å². The van der Waals surface area contributed by atoms with Crippen molar-refractivity contribution in [3.63, 3.8) is 0 Å². The molecule has 0 aliphatic heterocycles. The SMILES string of the molecule is COCC(O)CN(C)C(=O)c1cc(C)c(F)cc1F. The fourth-order valence-corrected chi connectivity index (χ4v) is 1.67. The Hall–Kier alpha value is -1.53. The standard InChI is InChI=1S/C13H17F2NO3/c1-8-4-10(12(15)5-11(8)14)13(18)16(2)6-9(17)7-19-3/h4-5,9,17H,6-7H2,1-3H3. The molecule has 19 heavy (non-hydrogen) atoms. The molecule has 1 atom stereocenters. The zero-order chi connectivity index (χ0) is 14.6. The summed E-state index contributed by atoms with van der Waals surface area (Å²) in [5.41, 5.74) is -0.0263. The average molecular weight is 273 g/mol. The molecule has 1 aromatic carbocycles. The van der Waals surface area contributed by atoms with Gasteiger partial charge in [-0.1, -0.05) is 0 Å². The molecule has 0 aromatic heterocycles. The molecule has 0 spiro atoms. The fourth-order valence-electron chi connectivity index (χ4n) is 1.67. The second-order valence-electron chi connectivity index (χ2n) is 4.38. The molecule has 4 nitrogen and oxygen atoms in total. The molecular formula is C13H17F2NO3. The molecule has 0 aliphatic rings. The normalized spacial score (nSPS) is 12.3. The number of carbonyl (C=O) groups excluding carboxylic acids is 1. The van der Waals surface area contributed by atoms with Gasteiger partial charge >= 0.3 is 0 Å². The van der Waals surface area contributed by atoms with Gasteiger partial charge in [-0.15, -0.1) is 0 Å². The molecule has 0 saturated carbocycles. The maximum atomic E-state index is 13.6. The summed E-state index contributed by atoms with van der Waals surface area (Å²) >= 11 is 0. The Morgan fingerprint density at radius 2 is 2.05 bits per heavy atom. The highest BCUT2D eigenvalue weighted by atomic mass is 19.1. The third kappa shape index (κ3) is 3.97.